The third-order valence-electron chi connectivity index (χ3n) is 2.06. The summed E-state index contributed by atoms with van der Waals surface area (Å²) < 4.78 is 5.10. The first-order chi connectivity index (χ1) is 6.65. The molecule has 0 heterocycles. The van der Waals surface area contributed by atoms with Gasteiger partial charge in [-0.15, -0.1) is 0 Å². The molecule has 1 rings (SSSR count). The molecule has 14 heavy (non-hydrogen) atoms. The molecule has 1 radical (unpaired) electrons. The van der Waals surface area contributed by atoms with Gasteiger partial charge in [0.1, 0.15) is 0 Å². The van der Waals surface area contributed by atoms with Crippen LogP contribution in [-0.2, 0) is 6.42 Å². The second-order valence-corrected chi connectivity index (χ2v) is 3.27. The van der Waals surface area contributed by atoms with Crippen LogP contribution >= 0.6 is 0 Å². The van der Waals surface area contributed by atoms with Gasteiger partial charge in [-0.25, -0.2) is 0 Å². The van der Waals surface area contributed by atoms with E-state index in [9.17, 15) is 5.11 Å². The summed E-state index contributed by atoms with van der Waals surface area (Å²) in [5.74, 6) is 0.704. The number of aromatic hydroxyl groups is 1. The maximum Gasteiger partial charge on any atom is 0.163 e. The van der Waals surface area contributed by atoms with E-state index in [2.05, 4.69) is 6.92 Å². The lowest BCUT2D eigenvalue weighted by molar-refractivity contribution is 0.368. The van der Waals surface area contributed by atoms with Gasteiger partial charge in [-0.3, -0.25) is 0 Å². The first-order valence-corrected chi connectivity index (χ1v) is 4.58. The highest BCUT2D eigenvalue weighted by Crippen LogP contribution is 2.30. The highest BCUT2D eigenvalue weighted by atomic mass is 16.5. The molecule has 0 saturated carbocycles. The van der Waals surface area contributed by atoms with Crippen LogP contribution < -0.4 is 10.5 Å². The van der Waals surface area contributed by atoms with Crippen LogP contribution in [0.2, 0.25) is 0 Å². The Labute approximate surface area is 84.5 Å². The molecule has 1 atom stereocenters. The van der Waals surface area contributed by atoms with E-state index in [0.717, 1.165) is 18.4 Å². The topological polar surface area (TPSA) is 55.5 Å². The molecule has 3 N–H and O–H groups in total. The van der Waals surface area contributed by atoms with E-state index in [0.29, 0.717) is 5.75 Å². The number of phenols is 1. The van der Waals surface area contributed by atoms with E-state index in [1.165, 1.54) is 0 Å². The number of rotatable bonds is 4. The Morgan fingerprint density at radius 2 is 2.29 bits per heavy atom. The molecular weight excluding hydrogens is 178 g/mol. The van der Waals surface area contributed by atoms with Gasteiger partial charge in [0, 0.05) is 6.04 Å². The zero-order chi connectivity index (χ0) is 10.6. The zero-order valence-corrected chi connectivity index (χ0v) is 8.36. The van der Waals surface area contributed by atoms with E-state index in [-0.39, 0.29) is 11.8 Å². The maximum atomic E-state index is 9.48. The minimum Gasteiger partial charge on any atom is -0.504 e. The second kappa shape index (κ2) is 4.86. The van der Waals surface area contributed by atoms with Gasteiger partial charge in [-0.2, -0.15) is 0 Å². The van der Waals surface area contributed by atoms with Crippen molar-refractivity contribution in [3.8, 4) is 11.5 Å². The van der Waals surface area contributed by atoms with Gasteiger partial charge in [-0.05, 0) is 31.4 Å². The summed E-state index contributed by atoms with van der Waals surface area (Å²) in [5, 5.41) is 9.48. The average molecular weight is 194 g/mol. The first kappa shape index (κ1) is 10.9. The van der Waals surface area contributed by atoms with E-state index < -0.39 is 0 Å². The van der Waals surface area contributed by atoms with Crippen LogP contribution in [0.5, 0.6) is 11.5 Å². The molecule has 0 aromatic heterocycles. The van der Waals surface area contributed by atoms with Gasteiger partial charge in [0.2, 0.25) is 0 Å². The molecule has 0 saturated heterocycles. The lowest BCUT2D eigenvalue weighted by Gasteiger charge is -2.10. The summed E-state index contributed by atoms with van der Waals surface area (Å²) in [6.07, 6.45) is 1.54. The molecule has 0 fully saturated rings. The minimum absolute atomic E-state index is 0.0814. The van der Waals surface area contributed by atoms with Crippen LogP contribution in [0.3, 0.4) is 0 Å². The summed E-state index contributed by atoms with van der Waals surface area (Å²) in [7, 11) is 1.54. The normalized spacial score (nSPS) is 12.5. The van der Waals surface area contributed by atoms with Crippen LogP contribution in [0, 0.1) is 6.92 Å². The standard InChI is InChI=1S/C11H16NO2/c1-8(12)6-7-9-4-3-5-10(13)11(9)14-2/h3-5,8,13H,1,6-7,12H2,2H3. The van der Waals surface area contributed by atoms with Crippen LogP contribution in [0.1, 0.15) is 12.0 Å². The molecule has 1 aromatic rings. The Bertz CT molecular complexity index is 297. The van der Waals surface area contributed by atoms with E-state index in [4.69, 9.17) is 10.5 Å². The van der Waals surface area contributed by atoms with Crippen molar-refractivity contribution in [3.05, 3.63) is 30.7 Å². The molecule has 3 nitrogen and oxygen atoms in total. The van der Waals surface area contributed by atoms with Crippen molar-refractivity contribution in [3.63, 3.8) is 0 Å². The van der Waals surface area contributed by atoms with Crippen molar-refractivity contribution in [2.75, 3.05) is 7.11 Å². The third-order valence-corrected chi connectivity index (χ3v) is 2.06. The predicted octanol–water partition coefficient (Wildman–Crippen LogP) is 1.49. The molecule has 0 bridgehead atoms. The predicted molar refractivity (Wildman–Crippen MR) is 56.3 cm³/mol. The smallest absolute Gasteiger partial charge is 0.163 e. The number of nitrogens with two attached hydrogens (primary N) is 1. The number of phenolic OH excluding ortho intramolecular Hbond substituents is 1. The summed E-state index contributed by atoms with van der Waals surface area (Å²) in [6, 6.07) is 5.23. The van der Waals surface area contributed by atoms with Gasteiger partial charge >= 0.3 is 0 Å². The van der Waals surface area contributed by atoms with Crippen molar-refractivity contribution in [1.82, 2.24) is 0 Å². The Morgan fingerprint density at radius 1 is 1.57 bits per heavy atom. The first-order valence-electron chi connectivity index (χ1n) is 4.58. The fourth-order valence-corrected chi connectivity index (χ4v) is 1.34. The maximum absolute atomic E-state index is 9.48. The number of para-hydroxylation sites is 1. The molecule has 1 unspecified atom stereocenters. The minimum atomic E-state index is -0.0814. The van der Waals surface area contributed by atoms with Crippen LogP contribution in [0.4, 0.5) is 0 Å². The average Bonchev–Trinajstić information content (AvgIpc) is 2.14. The van der Waals surface area contributed by atoms with Gasteiger partial charge in [0.15, 0.2) is 11.5 Å². The monoisotopic (exact) mass is 194 g/mol. The van der Waals surface area contributed by atoms with Crippen molar-refractivity contribution in [1.29, 1.82) is 0 Å². The summed E-state index contributed by atoms with van der Waals surface area (Å²) in [5.41, 5.74) is 6.52. The number of aryl methyl sites for hydroxylation is 1. The number of benzene rings is 1. The van der Waals surface area contributed by atoms with Crippen LogP contribution in [0.25, 0.3) is 0 Å². The second-order valence-electron chi connectivity index (χ2n) is 3.27. The lowest BCUT2D eigenvalue weighted by Crippen LogP contribution is -2.15. The summed E-state index contributed by atoms with van der Waals surface area (Å²) >= 11 is 0. The van der Waals surface area contributed by atoms with Gasteiger partial charge in [0.05, 0.1) is 7.11 Å². The quantitative estimate of drug-likeness (QED) is 0.763. The van der Waals surface area contributed by atoms with Gasteiger partial charge in [0.25, 0.3) is 0 Å². The number of hydrogen-bond donors (Lipinski definition) is 2. The zero-order valence-electron chi connectivity index (χ0n) is 8.36. The van der Waals surface area contributed by atoms with Crippen molar-refractivity contribution in [2.24, 2.45) is 5.73 Å². The van der Waals surface area contributed by atoms with E-state index in [1.54, 1.807) is 19.2 Å². The number of ether oxygens (including phenoxy) is 1. The third kappa shape index (κ3) is 2.64. The Hall–Kier alpha value is -1.22. The Morgan fingerprint density at radius 3 is 2.86 bits per heavy atom. The largest absolute Gasteiger partial charge is 0.504 e. The van der Waals surface area contributed by atoms with E-state index in [1.807, 2.05) is 6.07 Å². The molecular formula is C11H16NO2. The summed E-state index contributed by atoms with van der Waals surface area (Å²) in [4.78, 5) is 0. The fraction of sp³-hybridized carbons (Fsp3) is 0.364. The molecule has 0 aliphatic heterocycles. The van der Waals surface area contributed by atoms with E-state index >= 15 is 0 Å². The molecule has 0 amide bonds. The fourth-order valence-electron chi connectivity index (χ4n) is 1.34. The molecule has 0 aliphatic rings. The van der Waals surface area contributed by atoms with Crippen molar-refractivity contribution in [2.45, 2.75) is 18.9 Å². The van der Waals surface area contributed by atoms with Gasteiger partial charge < -0.3 is 15.6 Å². The highest BCUT2D eigenvalue weighted by Gasteiger charge is 2.07. The summed E-state index contributed by atoms with van der Waals surface area (Å²) in [6.45, 7) is 3.71. The lowest BCUT2D eigenvalue weighted by atomic mass is 10.1. The van der Waals surface area contributed by atoms with Gasteiger partial charge in [-0.1, -0.05) is 12.1 Å². The molecule has 1 aromatic carbocycles. The molecule has 0 aliphatic carbocycles. The number of methoxy groups -OCH3 is 1. The van der Waals surface area contributed by atoms with Crippen LogP contribution in [0.15, 0.2) is 18.2 Å². The van der Waals surface area contributed by atoms with Crippen molar-refractivity contribution >= 4 is 0 Å². The SMILES string of the molecule is [CH2]C(N)CCc1cccc(O)c1OC. The Kier molecular flexibility index (Phi) is 3.77. The molecule has 0 spiro atoms. The number of hydrogen-bond acceptors (Lipinski definition) is 3. The van der Waals surface area contributed by atoms with Crippen LogP contribution in [-0.4, -0.2) is 18.3 Å². The molecule has 77 valence electrons. The molecule has 3 heteroatoms. The Balaban J connectivity index is 2.80. The van der Waals surface area contributed by atoms with Crippen molar-refractivity contribution < 1.29 is 9.84 Å². The highest BCUT2D eigenvalue weighted by molar-refractivity contribution is 5.45.